The standard InChI is InChI=1S/C21H16N4O6/c1-30-12-5-4-11-9-25(17(26)14(11)7-12)10-21(19(28)23-20(29)24-21)8-15-13-3-2-6-22-16(13)18(27)31-15/h2-9,26H,10H2,1H3,(H2,23,24,28,29)/t21-/m1/s1. The third kappa shape index (κ3) is 2.88. The first-order valence-corrected chi connectivity index (χ1v) is 9.30. The highest BCUT2D eigenvalue weighted by Crippen LogP contribution is 2.34. The lowest BCUT2D eigenvalue weighted by atomic mass is 9.97. The molecule has 0 radical (unpaired) electrons. The molecular weight excluding hydrogens is 404 g/mol. The topological polar surface area (TPSA) is 132 Å². The fraction of sp³-hybridized carbons (Fsp3) is 0.143. The molecule has 10 heteroatoms. The summed E-state index contributed by atoms with van der Waals surface area (Å²) in [5.41, 5.74) is -1.08. The van der Waals surface area contributed by atoms with E-state index in [1.807, 2.05) is 0 Å². The van der Waals surface area contributed by atoms with Crippen molar-refractivity contribution in [2.45, 2.75) is 12.1 Å². The van der Waals surface area contributed by atoms with Crippen molar-refractivity contribution in [2.75, 3.05) is 7.11 Å². The van der Waals surface area contributed by atoms with Crippen LogP contribution in [0.3, 0.4) is 0 Å². The predicted molar refractivity (Wildman–Crippen MR) is 107 cm³/mol. The number of hydrogen-bond donors (Lipinski definition) is 3. The van der Waals surface area contributed by atoms with Crippen molar-refractivity contribution < 1.29 is 29.0 Å². The second-order valence-electron chi connectivity index (χ2n) is 7.21. The Balaban J connectivity index is 1.61. The molecule has 1 fully saturated rings. The first kappa shape index (κ1) is 18.7. The van der Waals surface area contributed by atoms with Gasteiger partial charge in [-0.25, -0.2) is 14.6 Å². The summed E-state index contributed by atoms with van der Waals surface area (Å²) in [4.78, 5) is 40.9. The average Bonchev–Trinajstić information content (AvgIpc) is 3.34. The van der Waals surface area contributed by atoms with Crippen LogP contribution in [-0.2, 0) is 16.1 Å². The Morgan fingerprint density at radius 1 is 1.29 bits per heavy atom. The number of nitrogens with one attached hydrogen (secondary N) is 2. The summed E-state index contributed by atoms with van der Waals surface area (Å²) in [5.74, 6) is -0.739. The molecule has 1 atom stereocenters. The summed E-state index contributed by atoms with van der Waals surface area (Å²) in [5, 5.41) is 16.8. The second kappa shape index (κ2) is 6.59. The fourth-order valence-electron chi connectivity index (χ4n) is 3.81. The molecular formula is C21H16N4O6. The molecule has 0 unspecified atom stereocenters. The zero-order valence-electron chi connectivity index (χ0n) is 16.2. The number of carbonyl (C=O) groups excluding carboxylic acids is 3. The molecule has 156 valence electrons. The van der Waals surface area contributed by atoms with Gasteiger partial charge >= 0.3 is 12.0 Å². The summed E-state index contributed by atoms with van der Waals surface area (Å²) < 4.78 is 11.9. The number of benzene rings is 1. The molecule has 3 aromatic rings. The summed E-state index contributed by atoms with van der Waals surface area (Å²) in [6.45, 7) is -0.149. The van der Waals surface area contributed by atoms with Crippen molar-refractivity contribution in [1.82, 2.24) is 20.2 Å². The van der Waals surface area contributed by atoms with Crippen LogP contribution in [0.1, 0.15) is 16.1 Å². The maximum atomic E-state index is 12.8. The van der Waals surface area contributed by atoms with E-state index in [9.17, 15) is 19.5 Å². The van der Waals surface area contributed by atoms with Crippen LogP contribution in [0, 0.1) is 0 Å². The number of esters is 1. The largest absolute Gasteiger partial charge is 0.497 e. The molecule has 10 nitrogen and oxygen atoms in total. The Labute approximate surface area is 175 Å². The monoisotopic (exact) mass is 420 g/mol. The first-order valence-electron chi connectivity index (χ1n) is 9.30. The fourth-order valence-corrected chi connectivity index (χ4v) is 3.81. The summed E-state index contributed by atoms with van der Waals surface area (Å²) in [7, 11) is 1.52. The van der Waals surface area contributed by atoms with Gasteiger partial charge in [-0.3, -0.25) is 10.1 Å². The van der Waals surface area contributed by atoms with Gasteiger partial charge in [-0.2, -0.15) is 0 Å². The average molecular weight is 420 g/mol. The maximum Gasteiger partial charge on any atom is 0.363 e. The highest BCUT2D eigenvalue weighted by molar-refractivity contribution is 6.10. The number of urea groups is 1. The number of amides is 3. The van der Waals surface area contributed by atoms with Gasteiger partial charge < -0.3 is 24.5 Å². The molecule has 2 aliphatic rings. The number of aromatic nitrogens is 2. The van der Waals surface area contributed by atoms with Crippen LogP contribution in [0.25, 0.3) is 16.5 Å². The lowest BCUT2D eigenvalue weighted by Gasteiger charge is -2.23. The molecule has 0 spiro atoms. The Hall–Kier alpha value is -4.34. The number of methoxy groups -OCH3 is 1. The molecule has 0 aliphatic carbocycles. The first-order chi connectivity index (χ1) is 14.9. The van der Waals surface area contributed by atoms with Crippen molar-refractivity contribution in [3.8, 4) is 11.6 Å². The van der Waals surface area contributed by atoms with Crippen molar-refractivity contribution in [1.29, 1.82) is 0 Å². The quantitative estimate of drug-likeness (QED) is 0.431. The highest BCUT2D eigenvalue weighted by Gasteiger charge is 2.47. The predicted octanol–water partition coefficient (Wildman–Crippen LogP) is 1.54. The normalized spacial score (nSPS) is 21.2. The van der Waals surface area contributed by atoms with Crippen LogP contribution in [0.5, 0.6) is 11.6 Å². The number of carbonyl (C=O) groups is 3. The second-order valence-corrected chi connectivity index (χ2v) is 7.21. The number of rotatable bonds is 4. The minimum absolute atomic E-state index is 0.100. The van der Waals surface area contributed by atoms with E-state index in [4.69, 9.17) is 9.47 Å². The Morgan fingerprint density at radius 2 is 2.13 bits per heavy atom. The molecule has 31 heavy (non-hydrogen) atoms. The highest BCUT2D eigenvalue weighted by atomic mass is 16.5. The van der Waals surface area contributed by atoms with E-state index in [0.717, 1.165) is 0 Å². The molecule has 1 saturated heterocycles. The summed E-state index contributed by atoms with van der Waals surface area (Å²) in [6, 6.07) is 7.75. The van der Waals surface area contributed by atoms with Gasteiger partial charge in [0, 0.05) is 23.2 Å². The molecule has 3 amide bonds. The molecule has 2 aromatic heterocycles. The van der Waals surface area contributed by atoms with Crippen LogP contribution >= 0.6 is 0 Å². The van der Waals surface area contributed by atoms with Gasteiger partial charge in [0.05, 0.1) is 19.2 Å². The number of ether oxygens (including phenoxy) is 2. The van der Waals surface area contributed by atoms with Crippen molar-refractivity contribution >= 4 is 34.4 Å². The Morgan fingerprint density at radius 3 is 2.87 bits per heavy atom. The minimum atomic E-state index is -1.61. The zero-order chi connectivity index (χ0) is 21.8. The molecule has 1 aromatic carbocycles. The molecule has 0 bridgehead atoms. The van der Waals surface area contributed by atoms with E-state index in [0.29, 0.717) is 22.1 Å². The molecule has 4 heterocycles. The van der Waals surface area contributed by atoms with E-state index in [1.165, 1.54) is 23.9 Å². The smallest absolute Gasteiger partial charge is 0.363 e. The van der Waals surface area contributed by atoms with E-state index in [1.54, 1.807) is 36.5 Å². The third-order valence-electron chi connectivity index (χ3n) is 5.30. The molecule has 5 rings (SSSR count). The van der Waals surface area contributed by atoms with E-state index in [-0.39, 0.29) is 23.9 Å². The van der Waals surface area contributed by atoms with E-state index < -0.39 is 23.4 Å². The Kier molecular flexibility index (Phi) is 3.97. The van der Waals surface area contributed by atoms with Gasteiger partial charge in [-0.1, -0.05) is 0 Å². The number of cyclic esters (lactones) is 1. The van der Waals surface area contributed by atoms with Gasteiger partial charge in [-0.05, 0) is 36.4 Å². The minimum Gasteiger partial charge on any atom is -0.497 e. The van der Waals surface area contributed by atoms with Gasteiger partial charge in [0.2, 0.25) is 0 Å². The lowest BCUT2D eigenvalue weighted by molar-refractivity contribution is -0.122. The Bertz CT molecular complexity index is 1310. The third-order valence-corrected chi connectivity index (χ3v) is 5.30. The van der Waals surface area contributed by atoms with Crippen LogP contribution in [0.2, 0.25) is 0 Å². The van der Waals surface area contributed by atoms with E-state index in [2.05, 4.69) is 15.6 Å². The molecule has 3 N–H and O–H groups in total. The van der Waals surface area contributed by atoms with Crippen LogP contribution in [-0.4, -0.2) is 45.2 Å². The van der Waals surface area contributed by atoms with Gasteiger partial charge in [-0.15, -0.1) is 0 Å². The van der Waals surface area contributed by atoms with Crippen molar-refractivity contribution in [3.63, 3.8) is 0 Å². The van der Waals surface area contributed by atoms with Crippen molar-refractivity contribution in [3.05, 3.63) is 60.1 Å². The van der Waals surface area contributed by atoms with Gasteiger partial charge in [0.1, 0.15) is 11.5 Å². The van der Waals surface area contributed by atoms with Gasteiger partial charge in [0.25, 0.3) is 5.91 Å². The number of hydrogen-bond acceptors (Lipinski definition) is 7. The number of imide groups is 1. The van der Waals surface area contributed by atoms with Crippen LogP contribution in [0.15, 0.2) is 48.8 Å². The number of nitrogens with zero attached hydrogens (tertiary/aromatic N) is 2. The van der Waals surface area contributed by atoms with Crippen molar-refractivity contribution in [2.24, 2.45) is 0 Å². The zero-order valence-corrected chi connectivity index (χ0v) is 16.2. The summed E-state index contributed by atoms with van der Waals surface area (Å²) >= 11 is 0. The summed E-state index contributed by atoms with van der Waals surface area (Å²) in [6.07, 6.45) is 4.47. The lowest BCUT2D eigenvalue weighted by Crippen LogP contribution is -2.48. The molecule has 0 saturated carbocycles. The van der Waals surface area contributed by atoms with Crippen LogP contribution in [0.4, 0.5) is 4.79 Å². The molecule has 2 aliphatic heterocycles. The SMILES string of the molecule is COc1ccc2cn(C[C@@]3(C=C4OC(=O)c5ncccc54)NC(=O)NC3=O)c(O)c2c1. The number of aromatic hydroxyl groups is 1. The van der Waals surface area contributed by atoms with Gasteiger partial charge in [0.15, 0.2) is 17.1 Å². The number of pyridine rings is 1. The number of fused-ring (bicyclic) bond motifs is 2. The maximum absolute atomic E-state index is 12.8. The van der Waals surface area contributed by atoms with Crippen LogP contribution < -0.4 is 15.4 Å². The van der Waals surface area contributed by atoms with E-state index >= 15 is 0 Å².